The molecule has 12 rings (SSSR count). The molecule has 42 atom stereocenters. The molecule has 7 aliphatic heterocycles. The Labute approximate surface area is 610 Å². The van der Waals surface area contributed by atoms with Crippen molar-refractivity contribution in [3.8, 4) is 0 Å². The summed E-state index contributed by atoms with van der Waals surface area (Å²) in [5.74, 6) is -2.23. The fourth-order valence-electron chi connectivity index (χ4n) is 20.1. The Kier molecular flexibility index (Phi) is 24.5. The van der Waals surface area contributed by atoms with Gasteiger partial charge in [0.15, 0.2) is 43.8 Å². The smallest absolute Gasteiger partial charge is 0.317 e. The van der Waals surface area contributed by atoms with E-state index < -0.39 is 306 Å². The van der Waals surface area contributed by atoms with Gasteiger partial charge in [0.2, 0.25) is 6.29 Å². The summed E-state index contributed by atoms with van der Waals surface area (Å²) in [5.41, 5.74) is -6.81. The lowest BCUT2D eigenvalue weighted by molar-refractivity contribution is -0.372. The summed E-state index contributed by atoms with van der Waals surface area (Å²) in [6.45, 7) is 8.38. The molecule has 0 amide bonds. The van der Waals surface area contributed by atoms with Crippen LogP contribution < -0.4 is 0 Å². The molecule has 22 N–H and O–H groups in total. The van der Waals surface area contributed by atoms with Gasteiger partial charge in [-0.15, -0.1) is 0 Å². The fourth-order valence-corrected chi connectivity index (χ4v) is 20.1. The number of allylic oxidation sites excluding steroid dienone is 2. The van der Waals surface area contributed by atoms with Crippen LogP contribution in [0.4, 0.5) is 0 Å². The van der Waals surface area contributed by atoms with Gasteiger partial charge < -0.3 is 179 Å². The molecule has 5 aliphatic carbocycles. The van der Waals surface area contributed by atoms with Crippen LogP contribution >= 0.6 is 0 Å². The van der Waals surface area contributed by atoms with Gasteiger partial charge in [0, 0.05) is 5.41 Å². The maximum absolute atomic E-state index is 15.6. The predicted molar refractivity (Wildman–Crippen MR) is 345 cm³/mol. The van der Waals surface area contributed by atoms with Gasteiger partial charge in [-0.3, -0.25) is 4.79 Å². The molecule has 37 heteroatoms. The molecule has 0 radical (unpaired) electrons. The van der Waals surface area contributed by atoms with Crippen molar-refractivity contribution in [2.24, 2.45) is 50.2 Å². The molecule has 7 saturated heterocycles. The topological polar surface area (TPSA) is 591 Å². The zero-order valence-electron chi connectivity index (χ0n) is 60.1. The molecule has 106 heavy (non-hydrogen) atoms. The van der Waals surface area contributed by atoms with Gasteiger partial charge in [0.1, 0.15) is 139 Å². The molecule has 0 bridgehead atoms. The molecule has 0 spiro atoms. The highest BCUT2D eigenvalue weighted by atomic mass is 16.8. The maximum Gasteiger partial charge on any atom is 0.317 e. The van der Waals surface area contributed by atoms with Gasteiger partial charge in [-0.25, -0.2) is 0 Å². The highest BCUT2D eigenvalue weighted by Gasteiger charge is 2.74. The van der Waals surface area contributed by atoms with Gasteiger partial charge in [-0.05, 0) is 97.7 Å². The van der Waals surface area contributed by atoms with Crippen LogP contribution in [-0.2, 0) is 71.1 Å². The van der Waals surface area contributed by atoms with E-state index in [0.29, 0.717) is 32.1 Å². The zero-order chi connectivity index (χ0) is 77.4. The second-order valence-electron chi connectivity index (χ2n) is 33.7. The van der Waals surface area contributed by atoms with Crippen LogP contribution in [0.1, 0.15) is 99.8 Å². The van der Waals surface area contributed by atoms with E-state index in [-0.39, 0.29) is 30.6 Å². The van der Waals surface area contributed by atoms with Crippen LogP contribution in [-0.4, -0.2) is 380 Å². The van der Waals surface area contributed by atoms with Gasteiger partial charge in [0.05, 0.1) is 77.3 Å². The van der Waals surface area contributed by atoms with Crippen LogP contribution in [0, 0.1) is 50.2 Å². The largest absolute Gasteiger partial charge is 0.432 e. The van der Waals surface area contributed by atoms with Gasteiger partial charge in [-0.2, -0.15) is 0 Å². The highest BCUT2D eigenvalue weighted by Crippen LogP contribution is 2.76. The highest BCUT2D eigenvalue weighted by molar-refractivity contribution is 5.80. The fraction of sp³-hybridized carbons (Fsp3) is 0.957. The zero-order valence-corrected chi connectivity index (χ0v) is 60.1. The van der Waals surface area contributed by atoms with E-state index in [9.17, 15) is 112 Å². The number of carbonyl (C=O) groups excluding carboxylic acids is 1. The number of aliphatic hydroxyl groups is 22. The first-order valence-corrected chi connectivity index (χ1v) is 36.7. The number of esters is 1. The summed E-state index contributed by atoms with van der Waals surface area (Å²) in [4.78, 5) is 15.6. The number of ether oxygens (including phenoxy) is 14. The van der Waals surface area contributed by atoms with Crippen molar-refractivity contribution in [3.05, 3.63) is 11.6 Å². The van der Waals surface area contributed by atoms with E-state index in [1.807, 2.05) is 0 Å². The van der Waals surface area contributed by atoms with Crippen molar-refractivity contribution in [2.75, 3.05) is 52.9 Å². The summed E-state index contributed by atoms with van der Waals surface area (Å²) in [7, 11) is 0. The molecule has 0 aromatic carbocycles. The molecular formula is C69H112O37. The van der Waals surface area contributed by atoms with E-state index >= 15 is 4.79 Å². The molecule has 0 aromatic heterocycles. The molecular weight excluding hydrogens is 1420 g/mol. The van der Waals surface area contributed by atoms with Gasteiger partial charge in [0.25, 0.3) is 0 Å². The monoisotopic (exact) mass is 1530 g/mol. The second-order valence-corrected chi connectivity index (χ2v) is 33.7. The molecule has 0 unspecified atom stereocenters. The lowest BCUT2D eigenvalue weighted by Crippen LogP contribution is -2.70. The maximum atomic E-state index is 15.6. The third-order valence-corrected chi connectivity index (χ3v) is 26.7. The Hall–Kier alpha value is -2.19. The average molecular weight is 1530 g/mol. The Morgan fingerprint density at radius 3 is 1.65 bits per heavy atom. The van der Waals surface area contributed by atoms with Gasteiger partial charge in [-0.1, -0.05) is 53.2 Å². The van der Waals surface area contributed by atoms with E-state index in [2.05, 4.69) is 40.7 Å². The van der Waals surface area contributed by atoms with Crippen LogP contribution in [0.3, 0.4) is 0 Å². The van der Waals surface area contributed by atoms with E-state index in [1.54, 1.807) is 6.92 Å². The van der Waals surface area contributed by atoms with Crippen LogP contribution in [0.15, 0.2) is 11.6 Å². The minimum Gasteiger partial charge on any atom is -0.432 e. The van der Waals surface area contributed by atoms with E-state index in [1.165, 1.54) is 6.92 Å². The number of aliphatic hydroxyl groups excluding tert-OH is 21. The van der Waals surface area contributed by atoms with Crippen molar-refractivity contribution >= 4 is 5.97 Å². The molecule has 12 aliphatic rings. The number of carbonyl (C=O) groups is 1. The molecule has 11 fully saturated rings. The van der Waals surface area contributed by atoms with Crippen molar-refractivity contribution < 1.29 is 183 Å². The first-order chi connectivity index (χ1) is 49.7. The van der Waals surface area contributed by atoms with Crippen molar-refractivity contribution in [3.63, 3.8) is 0 Å². The minimum absolute atomic E-state index is 0.0488. The Balaban J connectivity index is 0.717. The van der Waals surface area contributed by atoms with Crippen molar-refractivity contribution in [1.82, 2.24) is 0 Å². The molecule has 4 saturated carbocycles. The summed E-state index contributed by atoms with van der Waals surface area (Å²) >= 11 is 0. The second kappa shape index (κ2) is 31.2. The lowest BCUT2D eigenvalue weighted by atomic mass is 9.33. The molecule has 0 aromatic rings. The summed E-state index contributed by atoms with van der Waals surface area (Å²) in [6.07, 6.45) is -51.7. The van der Waals surface area contributed by atoms with E-state index in [0.717, 1.165) is 5.57 Å². The third kappa shape index (κ3) is 14.2. The van der Waals surface area contributed by atoms with Crippen LogP contribution in [0.25, 0.3) is 0 Å². The molecule has 7 heterocycles. The third-order valence-electron chi connectivity index (χ3n) is 26.7. The summed E-state index contributed by atoms with van der Waals surface area (Å²) in [6, 6.07) is 0. The first-order valence-electron chi connectivity index (χ1n) is 36.7. The Morgan fingerprint density at radius 2 is 1.05 bits per heavy atom. The first kappa shape index (κ1) is 83.2. The van der Waals surface area contributed by atoms with Crippen LogP contribution in [0.5, 0.6) is 0 Å². The van der Waals surface area contributed by atoms with Crippen LogP contribution in [0.2, 0.25) is 0 Å². The Bertz CT molecular complexity index is 3030. The lowest BCUT2D eigenvalue weighted by Gasteiger charge is -2.72. The average Bonchev–Trinajstić information content (AvgIpc) is 0.711. The standard InChI is InChI=1S/C69H112O37/c1-25-50(102-57-49(89)51(30(75)19-93-57)103-61-53(90)68(92,23-72)24-97-61)44(84)48(88)58(98-25)104-52-37(77)29(74)18-94-60(52)106-62(91)69-13-12-63(2,3)14-27(69)26-8-9-35-64(4)15-28(73)54(65(5,22-71)34(64)10-11-66(35,6)67(26,7)16-36(69)76)105-59-47(87)43(83)40(80)33(101-59)21-96-56-46(86)42(82)39(79)32(100-56)20-95-55-45(85)41(81)38(78)31(17-70)99-55/h8,25,27-61,70-90,92H,9-24H2,1-7H3/t25-,27-,28-,29-,30+,31+,32+,33+,34+,35+,36+,37-,38+,39+,40+,41-,42-,43-,44-,45+,46+,47+,48+,49+,50-,51-,52+,53-,54-,55+,56+,57-,58-,59-,60-,61-,64-,65-,66+,67+,68+,69+/m0/s1. The number of fused-ring (bicyclic) bond motifs is 7. The van der Waals surface area contributed by atoms with Gasteiger partial charge >= 0.3 is 5.97 Å². The molecule has 37 nitrogen and oxygen atoms in total. The predicted octanol–water partition coefficient (Wildman–Crippen LogP) is -8.70. The number of hydrogen-bond acceptors (Lipinski definition) is 37. The quantitative estimate of drug-likeness (QED) is 0.0324. The summed E-state index contributed by atoms with van der Waals surface area (Å²) < 4.78 is 81.7. The number of hydrogen-bond donors (Lipinski definition) is 22. The van der Waals surface area contributed by atoms with Crippen molar-refractivity contribution in [2.45, 2.75) is 308 Å². The molecule has 610 valence electrons. The number of rotatable bonds is 19. The van der Waals surface area contributed by atoms with Crippen molar-refractivity contribution in [1.29, 1.82) is 0 Å². The SMILES string of the molecule is C[C@@H]1O[C@@H](O[C@H]2[C@H](OC(=O)[C@]34CCC(C)(C)C[C@H]3C3=CC[C@@H]5[C@@]6(C)C[C@H](O)[C@H](O[C@@H]7O[C@H](CO[C@@H]8O[C@H](CO[C@@H]9O[C@H](CO)[C@@H](O)[C@H](O)[C@H]9O)[C@@H](O)[C@H](O)[C@H]8O)[C@@H](O)[C@H](O)[C@H]7O)[C@@](C)(CO)[C@@H]6CC[C@@]5(C)[C@]3(C)C[C@H]4O)OC[C@H](O)[C@@H]2O)[C@H](O)[C@H](O)[C@H]1O[C@@H]1OC[C@@H](O)[C@H](O[C@@H]2OC[C@](O)(CO)[C@H]2O)[C@H]1O. The normalized spacial score (nSPS) is 55.3. The minimum atomic E-state index is -2.10. The Morgan fingerprint density at radius 1 is 0.500 bits per heavy atom. The summed E-state index contributed by atoms with van der Waals surface area (Å²) in [5, 5.41) is 243. The van der Waals surface area contributed by atoms with E-state index in [4.69, 9.17) is 66.3 Å².